The Kier molecular flexibility index (Phi) is 2.55. The van der Waals surface area contributed by atoms with E-state index >= 15 is 0 Å². The fourth-order valence-electron chi connectivity index (χ4n) is 1.87. The van der Waals surface area contributed by atoms with Gasteiger partial charge in [0.15, 0.2) is 5.76 Å². The van der Waals surface area contributed by atoms with Crippen LogP contribution in [0.2, 0.25) is 0 Å². The lowest BCUT2D eigenvalue weighted by Gasteiger charge is -2.19. The average Bonchev–Trinajstić information content (AvgIpc) is 2.80. The Bertz CT molecular complexity index is 337. The Morgan fingerprint density at radius 3 is 2.80 bits per heavy atom. The summed E-state index contributed by atoms with van der Waals surface area (Å²) in [5.41, 5.74) is 0.349. The SMILES string of the molecule is CC(C)C1(CNC(=O)c2ccco2)CC1. The van der Waals surface area contributed by atoms with Gasteiger partial charge >= 0.3 is 0 Å². The molecule has 15 heavy (non-hydrogen) atoms. The molecule has 0 radical (unpaired) electrons. The average molecular weight is 207 g/mol. The Morgan fingerprint density at radius 2 is 2.33 bits per heavy atom. The quantitative estimate of drug-likeness (QED) is 0.824. The van der Waals surface area contributed by atoms with Crippen molar-refractivity contribution in [2.24, 2.45) is 11.3 Å². The summed E-state index contributed by atoms with van der Waals surface area (Å²) in [6.45, 7) is 5.20. The monoisotopic (exact) mass is 207 g/mol. The number of furan rings is 1. The van der Waals surface area contributed by atoms with Gasteiger partial charge in [-0.2, -0.15) is 0 Å². The summed E-state index contributed by atoms with van der Waals surface area (Å²) in [7, 11) is 0. The molecule has 0 aromatic carbocycles. The van der Waals surface area contributed by atoms with Crippen LogP contribution in [0.3, 0.4) is 0 Å². The molecule has 0 spiro atoms. The second-order valence-electron chi connectivity index (χ2n) is 4.68. The number of amides is 1. The van der Waals surface area contributed by atoms with Crippen LogP contribution in [0.4, 0.5) is 0 Å². The molecule has 1 heterocycles. The van der Waals surface area contributed by atoms with E-state index in [2.05, 4.69) is 19.2 Å². The fraction of sp³-hybridized carbons (Fsp3) is 0.583. The Morgan fingerprint density at radius 1 is 1.60 bits per heavy atom. The summed E-state index contributed by atoms with van der Waals surface area (Å²) >= 11 is 0. The van der Waals surface area contributed by atoms with Crippen molar-refractivity contribution in [2.45, 2.75) is 26.7 Å². The van der Waals surface area contributed by atoms with Crippen LogP contribution in [0.15, 0.2) is 22.8 Å². The van der Waals surface area contributed by atoms with Crippen molar-refractivity contribution in [2.75, 3.05) is 6.54 Å². The molecule has 1 aliphatic carbocycles. The highest BCUT2D eigenvalue weighted by atomic mass is 16.3. The molecule has 82 valence electrons. The normalized spacial score (nSPS) is 17.8. The van der Waals surface area contributed by atoms with Crippen molar-refractivity contribution in [3.63, 3.8) is 0 Å². The predicted octanol–water partition coefficient (Wildman–Crippen LogP) is 2.45. The first-order chi connectivity index (χ1) is 7.14. The zero-order valence-electron chi connectivity index (χ0n) is 9.25. The molecular weight excluding hydrogens is 190 g/mol. The molecule has 1 N–H and O–H groups in total. The molecule has 1 aromatic heterocycles. The van der Waals surface area contributed by atoms with Gasteiger partial charge in [-0.3, -0.25) is 4.79 Å². The zero-order chi connectivity index (χ0) is 10.9. The third-order valence-corrected chi connectivity index (χ3v) is 3.46. The summed E-state index contributed by atoms with van der Waals surface area (Å²) in [6.07, 6.45) is 3.97. The van der Waals surface area contributed by atoms with Crippen LogP contribution in [0.25, 0.3) is 0 Å². The molecule has 0 aliphatic heterocycles. The molecule has 0 unspecified atom stereocenters. The second-order valence-corrected chi connectivity index (χ2v) is 4.68. The van der Waals surface area contributed by atoms with Gasteiger partial charge in [-0.1, -0.05) is 13.8 Å². The van der Waals surface area contributed by atoms with Crippen molar-refractivity contribution >= 4 is 5.91 Å². The number of nitrogens with one attached hydrogen (secondary N) is 1. The van der Waals surface area contributed by atoms with Crippen LogP contribution in [-0.4, -0.2) is 12.5 Å². The van der Waals surface area contributed by atoms with E-state index in [4.69, 9.17) is 4.42 Å². The molecule has 1 saturated carbocycles. The number of carbonyl (C=O) groups excluding carboxylic acids is 1. The maximum Gasteiger partial charge on any atom is 0.286 e. The van der Waals surface area contributed by atoms with Crippen LogP contribution < -0.4 is 5.32 Å². The summed E-state index contributed by atoms with van der Waals surface area (Å²) in [5.74, 6) is 0.927. The molecule has 1 aromatic rings. The van der Waals surface area contributed by atoms with E-state index in [9.17, 15) is 4.79 Å². The molecule has 1 aliphatic rings. The van der Waals surface area contributed by atoms with Crippen LogP contribution >= 0.6 is 0 Å². The van der Waals surface area contributed by atoms with Crippen LogP contribution in [0.1, 0.15) is 37.2 Å². The first-order valence-electron chi connectivity index (χ1n) is 5.46. The molecule has 0 bridgehead atoms. The molecular formula is C12H17NO2. The number of hydrogen-bond acceptors (Lipinski definition) is 2. The van der Waals surface area contributed by atoms with Crippen molar-refractivity contribution in [3.8, 4) is 0 Å². The fourth-order valence-corrected chi connectivity index (χ4v) is 1.87. The lowest BCUT2D eigenvalue weighted by Crippen LogP contribution is -2.32. The minimum absolute atomic E-state index is 0.105. The largest absolute Gasteiger partial charge is 0.459 e. The molecule has 3 nitrogen and oxygen atoms in total. The summed E-state index contributed by atoms with van der Waals surface area (Å²) < 4.78 is 5.03. The second kappa shape index (κ2) is 3.72. The van der Waals surface area contributed by atoms with Gasteiger partial charge in [-0.25, -0.2) is 0 Å². The summed E-state index contributed by atoms with van der Waals surface area (Å²) in [6, 6.07) is 3.41. The summed E-state index contributed by atoms with van der Waals surface area (Å²) in [5, 5.41) is 2.94. The van der Waals surface area contributed by atoms with E-state index in [1.807, 2.05) is 0 Å². The highest BCUT2D eigenvalue weighted by Gasteiger charge is 2.45. The maximum absolute atomic E-state index is 11.6. The van der Waals surface area contributed by atoms with E-state index in [0.29, 0.717) is 17.1 Å². The number of rotatable bonds is 4. The van der Waals surface area contributed by atoms with E-state index in [-0.39, 0.29) is 5.91 Å². The van der Waals surface area contributed by atoms with Crippen molar-refractivity contribution in [3.05, 3.63) is 24.2 Å². The van der Waals surface area contributed by atoms with Gasteiger partial charge in [0.05, 0.1) is 6.26 Å². The van der Waals surface area contributed by atoms with Crippen molar-refractivity contribution < 1.29 is 9.21 Å². The van der Waals surface area contributed by atoms with Gasteiger partial charge in [-0.15, -0.1) is 0 Å². The van der Waals surface area contributed by atoms with E-state index in [1.54, 1.807) is 12.1 Å². The van der Waals surface area contributed by atoms with E-state index in [0.717, 1.165) is 6.54 Å². The lowest BCUT2D eigenvalue weighted by molar-refractivity contribution is 0.0912. The summed E-state index contributed by atoms with van der Waals surface area (Å²) in [4.78, 5) is 11.6. The first-order valence-corrected chi connectivity index (χ1v) is 5.46. The van der Waals surface area contributed by atoms with Gasteiger partial charge in [0.2, 0.25) is 0 Å². The smallest absolute Gasteiger partial charge is 0.286 e. The van der Waals surface area contributed by atoms with E-state index < -0.39 is 0 Å². The Hall–Kier alpha value is -1.25. The Labute approximate surface area is 89.9 Å². The molecule has 1 fully saturated rings. The number of hydrogen-bond donors (Lipinski definition) is 1. The maximum atomic E-state index is 11.6. The van der Waals surface area contributed by atoms with E-state index in [1.165, 1.54) is 19.1 Å². The van der Waals surface area contributed by atoms with Gasteiger partial charge in [0.1, 0.15) is 0 Å². The molecule has 0 atom stereocenters. The van der Waals surface area contributed by atoms with Crippen LogP contribution in [0, 0.1) is 11.3 Å². The van der Waals surface area contributed by atoms with Gasteiger partial charge in [0.25, 0.3) is 5.91 Å². The minimum atomic E-state index is -0.105. The predicted molar refractivity (Wildman–Crippen MR) is 57.5 cm³/mol. The molecule has 3 heteroatoms. The minimum Gasteiger partial charge on any atom is -0.459 e. The third-order valence-electron chi connectivity index (χ3n) is 3.46. The number of carbonyl (C=O) groups is 1. The molecule has 1 amide bonds. The van der Waals surface area contributed by atoms with Crippen molar-refractivity contribution in [1.29, 1.82) is 0 Å². The lowest BCUT2D eigenvalue weighted by atomic mass is 9.92. The Balaban J connectivity index is 1.87. The molecule has 0 saturated heterocycles. The van der Waals surface area contributed by atoms with Gasteiger partial charge in [0, 0.05) is 6.54 Å². The topological polar surface area (TPSA) is 42.2 Å². The highest BCUT2D eigenvalue weighted by Crippen LogP contribution is 2.51. The third kappa shape index (κ3) is 2.06. The highest BCUT2D eigenvalue weighted by molar-refractivity contribution is 5.91. The molecule has 2 rings (SSSR count). The van der Waals surface area contributed by atoms with Gasteiger partial charge in [-0.05, 0) is 36.3 Å². The van der Waals surface area contributed by atoms with Crippen LogP contribution in [-0.2, 0) is 0 Å². The zero-order valence-corrected chi connectivity index (χ0v) is 9.25. The first kappa shape index (κ1) is 10.3. The van der Waals surface area contributed by atoms with Gasteiger partial charge < -0.3 is 9.73 Å². The van der Waals surface area contributed by atoms with Crippen molar-refractivity contribution in [1.82, 2.24) is 5.32 Å². The standard InChI is InChI=1S/C12H17NO2/c1-9(2)12(5-6-12)8-13-11(14)10-4-3-7-15-10/h3-4,7,9H,5-6,8H2,1-2H3,(H,13,14). The van der Waals surface area contributed by atoms with Crippen LogP contribution in [0.5, 0.6) is 0 Å².